The molecule has 5 aliphatic carbocycles. The standard InChI is InChI=1S/C20H30O3/c1-11-10-20-8-5-13-18(2,3)15(21)6-7-19(13,4)14(20)9-12(11)16(22)17(20)23/h12-14,16-17,22-23H,1,5-10H2,2-4H3/t12-,13+,14-,16?,17?,19+,20-/m0/s1. The summed E-state index contributed by atoms with van der Waals surface area (Å²) >= 11 is 0. The number of hydrogen-bond donors (Lipinski definition) is 2. The first-order valence-electron chi connectivity index (χ1n) is 9.22. The van der Waals surface area contributed by atoms with Crippen molar-refractivity contribution in [2.24, 2.45) is 34.0 Å². The quantitative estimate of drug-likeness (QED) is 0.675. The number of carbonyl (C=O) groups excluding carboxylic acids is 1. The van der Waals surface area contributed by atoms with E-state index in [0.29, 0.717) is 24.0 Å². The van der Waals surface area contributed by atoms with Crippen LogP contribution in [0.4, 0.5) is 0 Å². The SMILES string of the molecule is C=C1C[C@@]23CC[C@@H]4C(C)(C)C(=O)CC[C@@]4(C)[C@@H]2C[C@@H]1C(O)C3O. The summed E-state index contributed by atoms with van der Waals surface area (Å²) in [7, 11) is 0. The first-order chi connectivity index (χ1) is 10.6. The number of hydrogen-bond acceptors (Lipinski definition) is 3. The van der Waals surface area contributed by atoms with E-state index in [1.165, 1.54) is 0 Å². The highest BCUT2D eigenvalue weighted by molar-refractivity contribution is 5.85. The molecule has 0 aromatic carbocycles. The Morgan fingerprint density at radius 2 is 1.83 bits per heavy atom. The van der Waals surface area contributed by atoms with Crippen molar-refractivity contribution in [3.8, 4) is 0 Å². The van der Waals surface area contributed by atoms with Gasteiger partial charge in [0.25, 0.3) is 0 Å². The minimum absolute atomic E-state index is 0.0354. The molecule has 7 atom stereocenters. The maximum atomic E-state index is 12.5. The van der Waals surface area contributed by atoms with Crippen molar-refractivity contribution >= 4 is 5.78 Å². The van der Waals surface area contributed by atoms with Crippen LogP contribution in [0.5, 0.6) is 0 Å². The summed E-state index contributed by atoms with van der Waals surface area (Å²) in [5.74, 6) is 1.23. The fourth-order valence-electron chi connectivity index (χ4n) is 7.34. The summed E-state index contributed by atoms with van der Waals surface area (Å²) in [6, 6.07) is 0. The van der Waals surface area contributed by atoms with Crippen molar-refractivity contribution in [1.82, 2.24) is 0 Å². The summed E-state index contributed by atoms with van der Waals surface area (Å²) in [6.07, 6.45) is 4.02. The van der Waals surface area contributed by atoms with E-state index in [0.717, 1.165) is 37.7 Å². The number of Topliss-reactive ketones (excluding diaryl/α,β-unsaturated/α-hetero) is 1. The van der Waals surface area contributed by atoms with Gasteiger partial charge in [-0.2, -0.15) is 0 Å². The zero-order valence-corrected chi connectivity index (χ0v) is 14.6. The summed E-state index contributed by atoms with van der Waals surface area (Å²) in [5.41, 5.74) is 0.751. The summed E-state index contributed by atoms with van der Waals surface area (Å²) in [5, 5.41) is 21.4. The third-order valence-electron chi connectivity index (χ3n) is 8.56. The lowest BCUT2D eigenvalue weighted by Gasteiger charge is -2.69. The van der Waals surface area contributed by atoms with Gasteiger partial charge in [0.05, 0.1) is 12.2 Å². The van der Waals surface area contributed by atoms with Gasteiger partial charge in [0.2, 0.25) is 0 Å². The monoisotopic (exact) mass is 318 g/mol. The molecule has 3 nitrogen and oxygen atoms in total. The molecule has 1 spiro atoms. The highest BCUT2D eigenvalue weighted by Crippen LogP contribution is 2.71. The van der Waals surface area contributed by atoms with Crippen LogP contribution >= 0.6 is 0 Å². The lowest BCUT2D eigenvalue weighted by Crippen LogP contribution is -2.68. The van der Waals surface area contributed by atoms with Crippen LogP contribution in [0.1, 0.15) is 59.3 Å². The van der Waals surface area contributed by atoms with Gasteiger partial charge in [0.15, 0.2) is 0 Å². The highest BCUT2D eigenvalue weighted by Gasteiger charge is 2.68. The van der Waals surface area contributed by atoms with Crippen molar-refractivity contribution < 1.29 is 15.0 Å². The van der Waals surface area contributed by atoms with Crippen LogP contribution < -0.4 is 0 Å². The predicted molar refractivity (Wildman–Crippen MR) is 88.7 cm³/mol. The van der Waals surface area contributed by atoms with Crippen LogP contribution in [0.25, 0.3) is 0 Å². The zero-order valence-electron chi connectivity index (χ0n) is 14.6. The Morgan fingerprint density at radius 3 is 2.52 bits per heavy atom. The first-order valence-corrected chi connectivity index (χ1v) is 9.22. The van der Waals surface area contributed by atoms with Gasteiger partial charge in [0.1, 0.15) is 5.78 Å². The molecule has 2 bridgehead atoms. The fraction of sp³-hybridized carbons (Fsp3) is 0.850. The third-order valence-corrected chi connectivity index (χ3v) is 8.56. The van der Waals surface area contributed by atoms with E-state index in [4.69, 9.17) is 0 Å². The second kappa shape index (κ2) is 4.49. The molecular formula is C20H30O3. The maximum absolute atomic E-state index is 12.5. The maximum Gasteiger partial charge on any atom is 0.138 e. The molecule has 23 heavy (non-hydrogen) atoms. The van der Waals surface area contributed by atoms with E-state index in [1.807, 2.05) is 0 Å². The van der Waals surface area contributed by atoms with Crippen LogP contribution in [-0.4, -0.2) is 28.2 Å². The molecule has 5 rings (SSSR count). The number of rotatable bonds is 0. The number of fused-ring (bicyclic) bond motifs is 3. The van der Waals surface area contributed by atoms with E-state index < -0.39 is 12.2 Å². The molecule has 5 aliphatic rings. The Morgan fingerprint density at radius 1 is 1.13 bits per heavy atom. The molecule has 5 fully saturated rings. The largest absolute Gasteiger partial charge is 0.390 e. The molecule has 0 heterocycles. The van der Waals surface area contributed by atoms with Gasteiger partial charge in [-0.3, -0.25) is 4.79 Å². The molecule has 0 aromatic rings. The summed E-state index contributed by atoms with van der Waals surface area (Å²) in [4.78, 5) is 12.5. The molecule has 128 valence electrons. The van der Waals surface area contributed by atoms with Crippen LogP contribution in [0, 0.1) is 34.0 Å². The second-order valence-corrected chi connectivity index (χ2v) is 9.64. The van der Waals surface area contributed by atoms with Gasteiger partial charge >= 0.3 is 0 Å². The van der Waals surface area contributed by atoms with E-state index >= 15 is 0 Å². The van der Waals surface area contributed by atoms with Gasteiger partial charge in [0, 0.05) is 23.2 Å². The molecule has 0 aromatic heterocycles. The van der Waals surface area contributed by atoms with Crippen molar-refractivity contribution in [3.63, 3.8) is 0 Å². The molecule has 3 heteroatoms. The van der Waals surface area contributed by atoms with Crippen molar-refractivity contribution in [2.45, 2.75) is 71.5 Å². The number of aliphatic hydroxyl groups is 2. The Bertz CT molecular complexity index is 579. The Balaban J connectivity index is 1.79. The first kappa shape index (κ1) is 15.8. The van der Waals surface area contributed by atoms with Crippen LogP contribution in [0.3, 0.4) is 0 Å². The minimum atomic E-state index is -0.647. The van der Waals surface area contributed by atoms with Crippen molar-refractivity contribution in [2.75, 3.05) is 0 Å². The van der Waals surface area contributed by atoms with E-state index in [1.54, 1.807) is 0 Å². The van der Waals surface area contributed by atoms with Gasteiger partial charge in [-0.05, 0) is 49.4 Å². The average molecular weight is 318 g/mol. The van der Waals surface area contributed by atoms with E-state index in [9.17, 15) is 15.0 Å². The van der Waals surface area contributed by atoms with Crippen LogP contribution in [0.2, 0.25) is 0 Å². The van der Waals surface area contributed by atoms with Crippen molar-refractivity contribution in [3.05, 3.63) is 12.2 Å². The van der Waals surface area contributed by atoms with Crippen molar-refractivity contribution in [1.29, 1.82) is 0 Å². The molecule has 0 amide bonds. The smallest absolute Gasteiger partial charge is 0.138 e. The Hall–Kier alpha value is -0.670. The molecule has 0 aliphatic heterocycles. The van der Waals surface area contributed by atoms with Crippen LogP contribution in [0.15, 0.2) is 12.2 Å². The average Bonchev–Trinajstić information content (AvgIpc) is 2.48. The minimum Gasteiger partial charge on any atom is -0.390 e. The molecule has 2 unspecified atom stereocenters. The summed E-state index contributed by atoms with van der Waals surface area (Å²) < 4.78 is 0. The number of ketones is 1. The molecular weight excluding hydrogens is 288 g/mol. The van der Waals surface area contributed by atoms with E-state index in [2.05, 4.69) is 27.4 Å². The normalized spacial score (nSPS) is 54.6. The van der Waals surface area contributed by atoms with Gasteiger partial charge < -0.3 is 10.2 Å². The lowest BCUT2D eigenvalue weighted by molar-refractivity contribution is -0.238. The highest BCUT2D eigenvalue weighted by atomic mass is 16.3. The fourth-order valence-corrected chi connectivity index (χ4v) is 7.34. The zero-order chi connectivity index (χ0) is 16.8. The molecule has 5 saturated carbocycles. The Kier molecular flexibility index (Phi) is 3.09. The molecule has 2 N–H and O–H groups in total. The predicted octanol–water partition coefficient (Wildman–Crippen LogP) is 3.10. The molecule has 0 radical (unpaired) electrons. The van der Waals surface area contributed by atoms with Gasteiger partial charge in [-0.1, -0.05) is 32.9 Å². The number of carbonyl (C=O) groups is 1. The van der Waals surface area contributed by atoms with Gasteiger partial charge in [-0.15, -0.1) is 0 Å². The van der Waals surface area contributed by atoms with Crippen LogP contribution in [-0.2, 0) is 4.79 Å². The number of aliphatic hydroxyl groups excluding tert-OH is 2. The molecule has 0 saturated heterocycles. The Labute approximate surface area is 139 Å². The van der Waals surface area contributed by atoms with E-state index in [-0.39, 0.29) is 22.2 Å². The lowest BCUT2D eigenvalue weighted by atomic mass is 9.36. The van der Waals surface area contributed by atoms with Gasteiger partial charge in [-0.25, -0.2) is 0 Å². The second-order valence-electron chi connectivity index (χ2n) is 9.64. The third kappa shape index (κ3) is 1.71. The topological polar surface area (TPSA) is 57.5 Å². The summed E-state index contributed by atoms with van der Waals surface area (Å²) in [6.45, 7) is 10.8.